The van der Waals surface area contributed by atoms with Crippen molar-refractivity contribution in [3.8, 4) is 11.1 Å². The van der Waals surface area contributed by atoms with Gasteiger partial charge in [-0.1, -0.05) is 0 Å². The fraction of sp³-hybridized carbons (Fsp3) is 0.200. The Morgan fingerprint density at radius 2 is 1.16 bits per heavy atom. The predicted octanol–water partition coefficient (Wildman–Crippen LogP) is -4.08. The van der Waals surface area contributed by atoms with Crippen LogP contribution < -0.4 is 3.63 Å². The molecule has 0 N–H and O–H groups in total. The van der Waals surface area contributed by atoms with Gasteiger partial charge in [-0.05, 0) is 0 Å². The average Bonchev–Trinajstić information content (AvgIpc) is 2.76. The van der Waals surface area contributed by atoms with Crippen molar-refractivity contribution in [1.29, 1.82) is 0 Å². The zero-order valence-corrected chi connectivity index (χ0v) is 83.9. The molecule has 0 amide bonds. The number of fused-ring (bicyclic) bond motifs is 3. The van der Waals surface area contributed by atoms with Gasteiger partial charge in [0, 0.05) is 0 Å². The van der Waals surface area contributed by atoms with Crippen LogP contribution in [-0.2, 0) is 6.67 Å². The molecule has 10 heteroatoms. The molecule has 2 aromatic rings. The van der Waals surface area contributed by atoms with Crippen molar-refractivity contribution in [3.63, 3.8) is 0 Å². The van der Waals surface area contributed by atoms with Gasteiger partial charge >= 0.3 is 403 Å². The molecule has 1 aliphatic rings. The summed E-state index contributed by atoms with van der Waals surface area (Å²) >= 11 is 2.58. The van der Waals surface area contributed by atoms with Crippen molar-refractivity contribution in [2.75, 3.05) is 6.26 Å². The summed E-state index contributed by atoms with van der Waals surface area (Å²) in [4.78, 5) is 1.42. The van der Waals surface area contributed by atoms with E-state index in [1.165, 1.54) is 4.90 Å². The molecule has 1 atom stereocenters. The molecule has 1 aliphatic carbocycles. The minimum absolute atomic E-state index is 0.299. The zero-order valence-electron chi connectivity index (χ0n) is 17.3. The monoisotopic (exact) mass is 2050 g/mol. The van der Waals surface area contributed by atoms with Gasteiger partial charge in [0.2, 0.25) is 0 Å². The molecule has 1 unspecified atom stereocenters. The van der Waals surface area contributed by atoms with Gasteiger partial charge in [0.15, 0.2) is 0 Å². The summed E-state index contributed by atoms with van der Waals surface area (Å²) in [6.07, 6.45) is 1.97. The van der Waals surface area contributed by atoms with Crippen LogP contribution in [0, 0.1) is 349 Å². The van der Waals surface area contributed by atoms with Crippen LogP contribution in [0.5, 0.6) is 0 Å². The molecule has 0 saturated heterocycles. The summed E-state index contributed by atoms with van der Waals surface area (Å²) < 4.78 is 24.3. The number of hydrogen-bond acceptors (Lipinski definition) is 1. The summed E-state index contributed by atoms with van der Waals surface area (Å²) in [6.45, 7) is 2.49. The molecule has 0 bridgehead atoms. The fourth-order valence-corrected chi connectivity index (χ4v) is 97.2. The van der Waals surface area contributed by atoms with E-state index in [2.05, 4.69) is 6.92 Å². The molecule has 25 heavy (non-hydrogen) atoms. The number of rotatable bonds is 1. The van der Waals surface area contributed by atoms with Crippen LogP contribution in [0.3, 0.4) is 0 Å². The molecule has 0 aliphatic heterocycles. The van der Waals surface area contributed by atoms with Crippen molar-refractivity contribution < 1.29 is 347 Å². The Balaban J connectivity index is 2.60. The minimum atomic E-state index is -0.730. The Bertz CT molecular complexity index is 939. The van der Waals surface area contributed by atoms with Gasteiger partial charge in [0.25, 0.3) is 0 Å². The summed E-state index contributed by atoms with van der Waals surface area (Å²) in [6, 6.07) is 0. The second-order valence-corrected chi connectivity index (χ2v) is 84.5. The van der Waals surface area contributed by atoms with Crippen LogP contribution in [0.25, 0.3) is 11.1 Å². The molecule has 0 spiro atoms. The van der Waals surface area contributed by atoms with Crippen molar-refractivity contribution in [3.05, 3.63) is 16.7 Å². The molecular weight excluding hydrogens is 2040 g/mol. The first-order chi connectivity index (χ1) is 11.4. The molecule has 3 rings (SSSR count). The summed E-state index contributed by atoms with van der Waals surface area (Å²) in [5.41, 5.74) is 9.39. The van der Waals surface area contributed by atoms with Crippen molar-refractivity contribution in [2.45, 2.75) is 7.32 Å². The van der Waals surface area contributed by atoms with Gasteiger partial charge in [0.1, 0.15) is 0 Å². The first-order valence-electron chi connectivity index (χ1n) is 9.03. The Labute approximate surface area is 387 Å². The Hall–Kier alpha value is 10.5. The number of benzene rings is 2. The third-order valence-corrected chi connectivity index (χ3v) is 83.7. The molecule has 0 aromatic heterocycles. The Kier molecular flexibility index (Phi) is 15.1. The first-order valence-corrected chi connectivity index (χ1v) is 43.5. The zero-order chi connectivity index (χ0) is 19.0. The van der Waals surface area contributed by atoms with Gasteiger partial charge in [-0.2, -0.15) is 0 Å². The van der Waals surface area contributed by atoms with Crippen LogP contribution in [0.2, 0.25) is 0 Å². The molecule has 0 heterocycles. The second kappa shape index (κ2) is 12.6. The quantitative estimate of drug-likeness (QED) is 0.267. The SMILES string of the molecule is Cc1[c]([RaH])[c]([RaH])c2c([c]1[RaH])[C]([RaH])([RaH])c1[c]([RaH])c([S+](C)[O-])[c]([RaH])[c]([RaH])c1-2. The van der Waals surface area contributed by atoms with Gasteiger partial charge in [-0.15, -0.1) is 0 Å². The summed E-state index contributed by atoms with van der Waals surface area (Å²) in [5, 5.41) is 0. The standard InChI is InChI=1S/C15H6OS.8Ra.8H/c1-10-3-5-14-11(7-10)8-12-9-13(17(2)16)4-6-15(12)14;;;;;;;;;;;;;;;;/h1-2H3;;;;;;;;;;;;;;;;. The molecule has 0 radical (unpaired) electrons. The Morgan fingerprint density at radius 1 is 0.720 bits per heavy atom. The molecule has 0 saturated carbocycles. The van der Waals surface area contributed by atoms with E-state index in [1.54, 1.807) is 6.77 Å². The average molecular weight is 2050 g/mol. The van der Waals surface area contributed by atoms with E-state index in [9.17, 15) is 4.55 Å². The van der Waals surface area contributed by atoms with Crippen molar-refractivity contribution >= 4 is 14.8 Å². The van der Waals surface area contributed by atoms with Crippen LogP contribution >= 0.6 is 0 Å². The van der Waals surface area contributed by atoms with Crippen LogP contribution in [0.1, 0.15) is 16.7 Å². The van der Waals surface area contributed by atoms with Crippen molar-refractivity contribution in [1.82, 2.24) is 0 Å². The maximum atomic E-state index is 12.6. The van der Waals surface area contributed by atoms with E-state index in [-0.39, 0.29) is 0 Å². The molecule has 2 aromatic carbocycles. The molecule has 102 valence electrons. The van der Waals surface area contributed by atoms with Crippen molar-refractivity contribution in [2.24, 2.45) is 0 Å². The van der Waals surface area contributed by atoms with E-state index < -0.39 is 11.2 Å². The number of hydrogen-bond donors (Lipinski definition) is 0. The summed E-state index contributed by atoms with van der Waals surface area (Å²) in [5.74, 6) is 0. The first kappa shape index (κ1) is 30.0. The Morgan fingerprint density at radius 3 is 1.64 bits per heavy atom. The van der Waals surface area contributed by atoms with E-state index >= 15 is 0 Å². The third kappa shape index (κ3) is 5.91. The second-order valence-electron chi connectivity index (χ2n) is 8.28. The van der Waals surface area contributed by atoms with E-state index in [1.807, 2.05) is 30.9 Å². The van der Waals surface area contributed by atoms with E-state index in [0.717, 1.165) is 0 Å². The topological polar surface area (TPSA) is 23.1 Å². The van der Waals surface area contributed by atoms with E-state index in [4.69, 9.17) is 0 Å². The third-order valence-electron chi connectivity index (χ3n) is 6.72. The van der Waals surface area contributed by atoms with Crippen LogP contribution in [0.4, 0.5) is 0 Å². The van der Waals surface area contributed by atoms with Gasteiger partial charge < -0.3 is 0 Å². The predicted molar refractivity (Wildman–Crippen MR) is 78.7 cm³/mol. The fourth-order valence-electron chi connectivity index (χ4n) is 5.18. The summed E-state index contributed by atoms with van der Waals surface area (Å²) in [7, 11) is 0. The van der Waals surface area contributed by atoms with Crippen LogP contribution in [0.15, 0.2) is 4.90 Å². The molecular formula is C15H14ORa8S. The van der Waals surface area contributed by atoms with E-state index in [0.29, 0.717) is 338 Å². The van der Waals surface area contributed by atoms with Gasteiger partial charge in [-0.3, -0.25) is 0 Å². The van der Waals surface area contributed by atoms with Gasteiger partial charge in [-0.25, -0.2) is 0 Å². The van der Waals surface area contributed by atoms with Gasteiger partial charge in [0.05, 0.1) is 0 Å². The normalized spacial score (nSPS) is 15.3. The van der Waals surface area contributed by atoms with Crippen LogP contribution in [-0.4, -0.2) is 10.8 Å². The maximum absolute atomic E-state index is 12.6. The molecule has 1 nitrogen and oxygen atoms in total. The molecule has 0 fully saturated rings.